The van der Waals surface area contributed by atoms with Crippen LogP contribution in [-0.4, -0.2) is 123 Å². The van der Waals surface area contributed by atoms with Crippen LogP contribution < -0.4 is 31.6 Å². The zero-order valence-corrected chi connectivity index (χ0v) is 29.9. The summed E-state index contributed by atoms with van der Waals surface area (Å²) in [7, 11) is -3.80. The summed E-state index contributed by atoms with van der Waals surface area (Å²) in [5, 5.41) is 20.4. The second-order valence-electron chi connectivity index (χ2n) is 10.5. The van der Waals surface area contributed by atoms with E-state index in [1.807, 2.05) is 0 Å². The van der Waals surface area contributed by atoms with E-state index in [1.165, 1.54) is 24.3 Å². The Kier molecular flexibility index (Phi) is 24.4. The van der Waals surface area contributed by atoms with Crippen LogP contribution in [0.25, 0.3) is 0 Å². The zero-order chi connectivity index (χ0) is 39.4. The molecular formula is C32H48F3N5O12S. The van der Waals surface area contributed by atoms with Crippen LogP contribution in [0.2, 0.25) is 0 Å². The molecule has 0 atom stereocenters. The molecule has 53 heavy (non-hydrogen) atoms. The van der Waals surface area contributed by atoms with Crippen LogP contribution in [0.5, 0.6) is 5.75 Å². The molecule has 0 aliphatic heterocycles. The summed E-state index contributed by atoms with van der Waals surface area (Å²) in [5.41, 5.74) is 6.28. The summed E-state index contributed by atoms with van der Waals surface area (Å²) in [6.07, 6.45) is -3.29. The van der Waals surface area contributed by atoms with E-state index in [9.17, 15) is 31.2 Å². The standard InChI is InChI=1S/C30H47N5O10S.C2HF3O2/c31-12-16-41-18-20-43-22-24-44-23-21-42-19-17-40-15-11-29(36)33-13-1-2-14-45-27-7-3-25(4-8-27)34-30(37)35-26-5-9-28(10-6-26)46(32,38)39;3-2(4,5)1(6)7/h3-10H,1-2,11-24,31H2,(H,33,36)(H2,32,38,39)(H2,34,35,37);(H,6,7). The topological polar surface area (TPSA) is 249 Å². The molecule has 0 aliphatic rings. The van der Waals surface area contributed by atoms with Crippen molar-refractivity contribution in [3.05, 3.63) is 48.5 Å². The number of carbonyl (C=O) groups is 3. The van der Waals surface area contributed by atoms with Crippen LogP contribution in [-0.2, 0) is 43.3 Å². The number of hydrogen-bond donors (Lipinski definition) is 6. The van der Waals surface area contributed by atoms with Gasteiger partial charge in [-0.1, -0.05) is 0 Å². The molecule has 300 valence electrons. The number of hydrogen-bond acceptors (Lipinski definition) is 12. The van der Waals surface area contributed by atoms with Gasteiger partial charge >= 0.3 is 18.2 Å². The van der Waals surface area contributed by atoms with E-state index in [4.69, 9.17) is 49.2 Å². The quantitative estimate of drug-likeness (QED) is 0.0751. The van der Waals surface area contributed by atoms with Gasteiger partial charge in [0.05, 0.1) is 77.6 Å². The number of nitrogens with one attached hydrogen (secondary N) is 3. The number of aliphatic carboxylic acids is 1. The third kappa shape index (κ3) is 25.5. The van der Waals surface area contributed by atoms with Gasteiger partial charge in [0.2, 0.25) is 15.9 Å². The fourth-order valence-electron chi connectivity index (χ4n) is 3.62. The van der Waals surface area contributed by atoms with Gasteiger partial charge in [-0.3, -0.25) is 4.79 Å². The van der Waals surface area contributed by atoms with Gasteiger partial charge in [0, 0.05) is 30.9 Å². The minimum Gasteiger partial charge on any atom is -0.494 e. The number of ether oxygens (including phenoxy) is 6. The van der Waals surface area contributed by atoms with Crippen LogP contribution in [0.4, 0.5) is 29.3 Å². The summed E-state index contributed by atoms with van der Waals surface area (Å²) >= 11 is 0. The Bertz CT molecular complexity index is 1420. The van der Waals surface area contributed by atoms with Crippen molar-refractivity contribution in [1.29, 1.82) is 0 Å². The van der Waals surface area contributed by atoms with E-state index >= 15 is 0 Å². The first-order valence-electron chi connectivity index (χ1n) is 16.3. The first-order valence-corrected chi connectivity index (χ1v) is 17.9. The van der Waals surface area contributed by atoms with E-state index in [2.05, 4.69) is 16.0 Å². The molecule has 0 saturated heterocycles. The summed E-state index contributed by atoms with van der Waals surface area (Å²) in [5.74, 6) is -2.18. The smallest absolute Gasteiger partial charge is 0.490 e. The van der Waals surface area contributed by atoms with Crippen molar-refractivity contribution in [2.45, 2.75) is 30.3 Å². The van der Waals surface area contributed by atoms with Gasteiger partial charge in [0.25, 0.3) is 0 Å². The summed E-state index contributed by atoms with van der Waals surface area (Å²) < 4.78 is 86.9. The Hall–Kier alpha value is -4.09. The zero-order valence-electron chi connectivity index (χ0n) is 29.1. The third-order valence-electron chi connectivity index (χ3n) is 6.18. The predicted molar refractivity (Wildman–Crippen MR) is 186 cm³/mol. The summed E-state index contributed by atoms with van der Waals surface area (Å²) in [6.45, 7) is 6.17. The summed E-state index contributed by atoms with van der Waals surface area (Å²) in [4.78, 5) is 33.0. The highest BCUT2D eigenvalue weighted by atomic mass is 32.2. The van der Waals surface area contributed by atoms with Crippen molar-refractivity contribution in [3.63, 3.8) is 0 Å². The maximum atomic E-state index is 12.2. The fourth-order valence-corrected chi connectivity index (χ4v) is 4.13. The minimum absolute atomic E-state index is 0.0446. The Labute approximate surface area is 305 Å². The molecule has 0 spiro atoms. The monoisotopic (exact) mass is 783 g/mol. The SMILES string of the molecule is NCCOCCOCCOCCOCCOCCC(=O)NCCCCOc1ccc(NC(=O)Nc2ccc(S(N)(=O)=O)cc2)cc1.O=C(O)C(F)(F)F. The Morgan fingerprint density at radius 2 is 1.11 bits per heavy atom. The Morgan fingerprint density at radius 1 is 0.679 bits per heavy atom. The van der Waals surface area contributed by atoms with E-state index in [1.54, 1.807) is 24.3 Å². The van der Waals surface area contributed by atoms with Gasteiger partial charge in [0.1, 0.15) is 5.75 Å². The van der Waals surface area contributed by atoms with E-state index < -0.39 is 28.2 Å². The fraction of sp³-hybridized carbons (Fsp3) is 0.531. The molecule has 0 fully saturated rings. The number of alkyl halides is 3. The highest BCUT2D eigenvalue weighted by Crippen LogP contribution is 2.17. The lowest BCUT2D eigenvalue weighted by atomic mass is 10.3. The number of carboxylic acids is 1. The molecule has 0 aliphatic carbocycles. The molecule has 0 radical (unpaired) electrons. The molecule has 0 aromatic heterocycles. The maximum absolute atomic E-state index is 12.2. The molecule has 2 aromatic rings. The lowest BCUT2D eigenvalue weighted by molar-refractivity contribution is -0.192. The normalized spacial score (nSPS) is 11.3. The van der Waals surface area contributed by atoms with Gasteiger partial charge in [0.15, 0.2) is 0 Å². The second-order valence-corrected chi connectivity index (χ2v) is 12.0. The van der Waals surface area contributed by atoms with E-state index in [0.29, 0.717) is 103 Å². The van der Waals surface area contributed by atoms with Crippen molar-refractivity contribution >= 4 is 39.3 Å². The molecule has 0 bridgehead atoms. The first-order chi connectivity index (χ1) is 25.2. The molecule has 2 aromatic carbocycles. The number of nitrogens with two attached hydrogens (primary N) is 2. The number of primary sulfonamides is 1. The van der Waals surface area contributed by atoms with Gasteiger partial charge in [-0.25, -0.2) is 23.1 Å². The van der Waals surface area contributed by atoms with E-state index in [0.717, 1.165) is 12.8 Å². The predicted octanol–water partition coefficient (Wildman–Crippen LogP) is 2.32. The number of benzene rings is 2. The number of urea groups is 1. The lowest BCUT2D eigenvalue weighted by Crippen LogP contribution is -2.26. The highest BCUT2D eigenvalue weighted by Gasteiger charge is 2.38. The molecule has 2 rings (SSSR count). The molecule has 0 unspecified atom stereocenters. The maximum Gasteiger partial charge on any atom is 0.490 e. The van der Waals surface area contributed by atoms with Crippen LogP contribution in [0, 0.1) is 0 Å². The van der Waals surface area contributed by atoms with Crippen molar-refractivity contribution < 1.29 is 69.5 Å². The van der Waals surface area contributed by atoms with E-state index in [-0.39, 0.29) is 17.2 Å². The number of carboxylic acid groups (broad SMARTS) is 1. The van der Waals surface area contributed by atoms with Crippen molar-refractivity contribution in [3.8, 4) is 5.75 Å². The van der Waals surface area contributed by atoms with Gasteiger partial charge < -0.3 is 55.2 Å². The second kappa shape index (κ2) is 27.5. The van der Waals surface area contributed by atoms with Gasteiger partial charge in [-0.2, -0.15) is 13.2 Å². The number of unbranched alkanes of at least 4 members (excludes halogenated alkanes) is 1. The van der Waals surface area contributed by atoms with Crippen molar-refractivity contribution in [1.82, 2.24) is 5.32 Å². The Balaban J connectivity index is 0.00000181. The molecule has 0 heterocycles. The lowest BCUT2D eigenvalue weighted by Gasteiger charge is -2.10. The molecule has 8 N–H and O–H groups in total. The Morgan fingerprint density at radius 3 is 1.55 bits per heavy atom. The number of amides is 3. The largest absolute Gasteiger partial charge is 0.494 e. The van der Waals surface area contributed by atoms with Crippen LogP contribution in [0.3, 0.4) is 0 Å². The van der Waals surface area contributed by atoms with Crippen LogP contribution >= 0.6 is 0 Å². The number of rotatable bonds is 26. The average Bonchev–Trinajstić information content (AvgIpc) is 3.10. The molecule has 0 saturated carbocycles. The van der Waals surface area contributed by atoms with Crippen molar-refractivity contribution in [2.75, 3.05) is 96.4 Å². The number of halogens is 3. The van der Waals surface area contributed by atoms with Crippen LogP contribution in [0.15, 0.2) is 53.4 Å². The molecular weight excluding hydrogens is 735 g/mol. The van der Waals surface area contributed by atoms with Gasteiger partial charge in [-0.05, 0) is 61.4 Å². The number of carbonyl (C=O) groups excluding carboxylic acids is 2. The molecule has 17 nitrogen and oxygen atoms in total. The third-order valence-corrected chi connectivity index (χ3v) is 7.11. The highest BCUT2D eigenvalue weighted by molar-refractivity contribution is 7.89. The van der Waals surface area contributed by atoms with Gasteiger partial charge in [-0.15, -0.1) is 0 Å². The van der Waals surface area contributed by atoms with Crippen LogP contribution in [0.1, 0.15) is 19.3 Å². The molecule has 21 heteroatoms. The summed E-state index contributed by atoms with van der Waals surface area (Å²) in [6, 6.07) is 11.9. The number of sulfonamides is 1. The average molecular weight is 784 g/mol. The minimum atomic E-state index is -5.08. The first kappa shape index (κ1) is 46.9. The molecule has 3 amide bonds. The van der Waals surface area contributed by atoms with Crippen molar-refractivity contribution in [2.24, 2.45) is 10.9 Å². The number of anilines is 2.